The maximum Gasteiger partial charge on any atom is 0.112 e. The Balaban J connectivity index is 2.60. The number of nitrogens with two attached hydrogens (primary N) is 1. The lowest BCUT2D eigenvalue weighted by molar-refractivity contribution is 0.491. The van der Waals surface area contributed by atoms with E-state index in [1.54, 1.807) is 0 Å². The van der Waals surface area contributed by atoms with E-state index in [1.807, 2.05) is 0 Å². The van der Waals surface area contributed by atoms with Crippen molar-refractivity contribution < 1.29 is 0 Å². The van der Waals surface area contributed by atoms with Gasteiger partial charge in [0.25, 0.3) is 0 Å². The van der Waals surface area contributed by atoms with Crippen molar-refractivity contribution in [2.75, 3.05) is 0 Å². The Labute approximate surface area is 109 Å². The van der Waals surface area contributed by atoms with Gasteiger partial charge in [-0.2, -0.15) is 0 Å². The molecule has 2 aromatic rings. The van der Waals surface area contributed by atoms with E-state index in [9.17, 15) is 0 Å². The van der Waals surface area contributed by atoms with Gasteiger partial charge in [-0.25, -0.2) is 4.98 Å². The van der Waals surface area contributed by atoms with Gasteiger partial charge in [0.15, 0.2) is 0 Å². The van der Waals surface area contributed by atoms with Crippen molar-refractivity contribution in [2.24, 2.45) is 11.7 Å². The van der Waals surface area contributed by atoms with Crippen LogP contribution in [0.2, 0.25) is 0 Å². The van der Waals surface area contributed by atoms with Crippen molar-refractivity contribution in [3.63, 3.8) is 0 Å². The van der Waals surface area contributed by atoms with Gasteiger partial charge in [-0.1, -0.05) is 26.8 Å². The fourth-order valence-electron chi connectivity index (χ4n) is 2.30. The number of hydrogen-bond acceptors (Lipinski definition) is 2. The van der Waals surface area contributed by atoms with Gasteiger partial charge in [-0.15, -0.1) is 0 Å². The van der Waals surface area contributed by atoms with Crippen LogP contribution < -0.4 is 5.73 Å². The summed E-state index contributed by atoms with van der Waals surface area (Å²) < 4.78 is 2.32. The number of hydrogen-bond donors (Lipinski definition) is 1. The molecule has 0 saturated carbocycles. The molecule has 3 nitrogen and oxygen atoms in total. The molecule has 0 fully saturated rings. The molecule has 0 aliphatic heterocycles. The molecule has 0 radical (unpaired) electrons. The van der Waals surface area contributed by atoms with Crippen LogP contribution >= 0.6 is 0 Å². The van der Waals surface area contributed by atoms with E-state index < -0.39 is 0 Å². The van der Waals surface area contributed by atoms with Crippen LogP contribution in [0.15, 0.2) is 18.2 Å². The minimum atomic E-state index is 0.471. The molecule has 0 saturated heterocycles. The summed E-state index contributed by atoms with van der Waals surface area (Å²) in [6.07, 6.45) is 0. The Bertz CT molecular complexity index is 540. The van der Waals surface area contributed by atoms with Gasteiger partial charge >= 0.3 is 0 Å². The van der Waals surface area contributed by atoms with Gasteiger partial charge in [-0.05, 0) is 30.5 Å². The third kappa shape index (κ3) is 2.15. The molecule has 1 heterocycles. The number of rotatable bonds is 4. The quantitative estimate of drug-likeness (QED) is 0.898. The fourth-order valence-corrected chi connectivity index (χ4v) is 2.30. The number of aromatic nitrogens is 2. The molecule has 18 heavy (non-hydrogen) atoms. The molecule has 0 amide bonds. The highest BCUT2D eigenvalue weighted by atomic mass is 15.1. The van der Waals surface area contributed by atoms with Crippen LogP contribution in [0.5, 0.6) is 0 Å². The zero-order valence-electron chi connectivity index (χ0n) is 11.8. The van der Waals surface area contributed by atoms with Gasteiger partial charge in [-0.3, -0.25) is 0 Å². The minimum Gasteiger partial charge on any atom is -0.328 e. The van der Waals surface area contributed by atoms with Crippen LogP contribution in [0, 0.1) is 5.92 Å². The van der Waals surface area contributed by atoms with E-state index in [0.717, 1.165) is 17.6 Å². The summed E-state index contributed by atoms with van der Waals surface area (Å²) in [6.45, 7) is 10.5. The highest BCUT2D eigenvalue weighted by Gasteiger charge is 2.18. The monoisotopic (exact) mass is 245 g/mol. The number of nitrogens with zero attached hydrogens (tertiary/aromatic N) is 2. The molecule has 1 aromatic heterocycles. The second-order valence-electron chi connectivity index (χ2n) is 5.27. The predicted molar refractivity (Wildman–Crippen MR) is 76.6 cm³/mol. The summed E-state index contributed by atoms with van der Waals surface area (Å²) in [5, 5.41) is 0. The molecule has 0 spiro atoms. The topological polar surface area (TPSA) is 43.8 Å². The Hall–Kier alpha value is -1.35. The van der Waals surface area contributed by atoms with Gasteiger partial charge in [0.2, 0.25) is 0 Å². The highest BCUT2D eigenvalue weighted by molar-refractivity contribution is 5.77. The summed E-state index contributed by atoms with van der Waals surface area (Å²) in [5.41, 5.74) is 9.13. The summed E-state index contributed by atoms with van der Waals surface area (Å²) >= 11 is 0. The van der Waals surface area contributed by atoms with Crippen LogP contribution in [0.1, 0.15) is 45.0 Å². The number of fused-ring (bicyclic) bond motifs is 1. The normalized spacial score (nSPS) is 13.4. The van der Waals surface area contributed by atoms with Gasteiger partial charge in [0.1, 0.15) is 5.82 Å². The average molecular weight is 245 g/mol. The van der Waals surface area contributed by atoms with Crippen molar-refractivity contribution in [1.82, 2.24) is 9.55 Å². The first-order valence-corrected chi connectivity index (χ1v) is 6.77. The molecule has 1 aromatic carbocycles. The SMILES string of the molecule is CCn1c(C(C)C(C)C)nc2cc(CN)ccc21. The van der Waals surface area contributed by atoms with Crippen LogP contribution in [0.25, 0.3) is 11.0 Å². The van der Waals surface area contributed by atoms with Crippen molar-refractivity contribution in [2.45, 2.75) is 46.7 Å². The van der Waals surface area contributed by atoms with E-state index in [0.29, 0.717) is 18.4 Å². The van der Waals surface area contributed by atoms with Crippen LogP contribution in [-0.2, 0) is 13.1 Å². The van der Waals surface area contributed by atoms with Gasteiger partial charge < -0.3 is 10.3 Å². The standard InChI is InChI=1S/C15H23N3/c1-5-18-14-7-6-12(9-16)8-13(14)17-15(18)11(4)10(2)3/h6-8,10-11H,5,9,16H2,1-4H3. The van der Waals surface area contributed by atoms with Gasteiger partial charge in [0.05, 0.1) is 11.0 Å². The molecule has 0 bridgehead atoms. The third-order valence-electron chi connectivity index (χ3n) is 3.80. The van der Waals surface area contributed by atoms with Crippen molar-refractivity contribution in [1.29, 1.82) is 0 Å². The lowest BCUT2D eigenvalue weighted by Gasteiger charge is -2.16. The smallest absolute Gasteiger partial charge is 0.112 e. The molecule has 0 aliphatic carbocycles. The molecule has 1 unspecified atom stereocenters. The largest absolute Gasteiger partial charge is 0.328 e. The molecule has 0 aliphatic rings. The molecule has 3 heteroatoms. The first-order chi connectivity index (χ1) is 8.58. The van der Waals surface area contributed by atoms with Crippen molar-refractivity contribution in [3.8, 4) is 0 Å². The molecule has 1 atom stereocenters. The average Bonchev–Trinajstić information content (AvgIpc) is 2.74. The Morgan fingerprint density at radius 3 is 2.56 bits per heavy atom. The first kappa shape index (κ1) is 13.1. The number of benzene rings is 1. The van der Waals surface area contributed by atoms with E-state index in [2.05, 4.69) is 50.5 Å². The van der Waals surface area contributed by atoms with Gasteiger partial charge in [0, 0.05) is 19.0 Å². The Morgan fingerprint density at radius 2 is 2.00 bits per heavy atom. The Kier molecular flexibility index (Phi) is 3.71. The van der Waals surface area contributed by atoms with E-state index in [1.165, 1.54) is 11.3 Å². The zero-order chi connectivity index (χ0) is 13.3. The highest BCUT2D eigenvalue weighted by Crippen LogP contribution is 2.27. The lowest BCUT2D eigenvalue weighted by Crippen LogP contribution is -2.10. The summed E-state index contributed by atoms with van der Waals surface area (Å²) in [5.74, 6) is 2.26. The Morgan fingerprint density at radius 1 is 1.28 bits per heavy atom. The van der Waals surface area contributed by atoms with Crippen LogP contribution in [0.3, 0.4) is 0 Å². The van der Waals surface area contributed by atoms with Crippen molar-refractivity contribution >= 4 is 11.0 Å². The molecule has 2 rings (SSSR count). The fraction of sp³-hybridized carbons (Fsp3) is 0.533. The molecular weight excluding hydrogens is 222 g/mol. The number of imidazole rings is 1. The lowest BCUT2D eigenvalue weighted by atomic mass is 9.97. The first-order valence-electron chi connectivity index (χ1n) is 6.77. The second-order valence-corrected chi connectivity index (χ2v) is 5.27. The van der Waals surface area contributed by atoms with Crippen LogP contribution in [-0.4, -0.2) is 9.55 Å². The maximum atomic E-state index is 5.69. The number of aryl methyl sites for hydroxylation is 1. The summed E-state index contributed by atoms with van der Waals surface area (Å²) in [7, 11) is 0. The van der Waals surface area contributed by atoms with E-state index >= 15 is 0 Å². The zero-order valence-corrected chi connectivity index (χ0v) is 11.8. The second kappa shape index (κ2) is 5.11. The minimum absolute atomic E-state index is 0.471. The van der Waals surface area contributed by atoms with E-state index in [-0.39, 0.29) is 0 Å². The third-order valence-corrected chi connectivity index (χ3v) is 3.80. The van der Waals surface area contributed by atoms with E-state index in [4.69, 9.17) is 10.7 Å². The molecule has 98 valence electrons. The predicted octanol–water partition coefficient (Wildman–Crippen LogP) is 3.27. The van der Waals surface area contributed by atoms with Crippen molar-refractivity contribution in [3.05, 3.63) is 29.6 Å². The molecular formula is C15H23N3. The summed E-state index contributed by atoms with van der Waals surface area (Å²) in [6, 6.07) is 6.35. The van der Waals surface area contributed by atoms with Crippen LogP contribution in [0.4, 0.5) is 0 Å². The summed E-state index contributed by atoms with van der Waals surface area (Å²) in [4.78, 5) is 4.82. The maximum absolute atomic E-state index is 5.69. The molecule has 2 N–H and O–H groups in total.